The molecule has 4 rings (SSSR count). The zero-order chi connectivity index (χ0) is 20.4. The van der Waals surface area contributed by atoms with Gasteiger partial charge in [-0.1, -0.05) is 37.3 Å². The Balaban J connectivity index is 1.59. The lowest BCUT2D eigenvalue weighted by Crippen LogP contribution is -2.33. The Kier molecular flexibility index (Phi) is 5.72. The minimum atomic E-state index is -1.20. The van der Waals surface area contributed by atoms with Crippen molar-refractivity contribution in [3.8, 4) is 0 Å². The largest absolute Gasteiger partial charge is 0.394 e. The summed E-state index contributed by atoms with van der Waals surface area (Å²) in [5.74, 6) is 0.600. The van der Waals surface area contributed by atoms with Crippen molar-refractivity contribution in [1.82, 2.24) is 19.5 Å². The van der Waals surface area contributed by atoms with E-state index in [2.05, 4.69) is 39.3 Å². The summed E-state index contributed by atoms with van der Waals surface area (Å²) in [6.45, 7) is 1.72. The number of benzene rings is 1. The first-order chi connectivity index (χ1) is 14.1. The summed E-state index contributed by atoms with van der Waals surface area (Å²) in [4.78, 5) is 13.0. The van der Waals surface area contributed by atoms with Gasteiger partial charge < -0.3 is 25.4 Å². The van der Waals surface area contributed by atoms with E-state index in [1.54, 1.807) is 4.57 Å². The molecule has 0 bridgehead atoms. The van der Waals surface area contributed by atoms with Crippen LogP contribution in [0.2, 0.25) is 0 Å². The van der Waals surface area contributed by atoms with Gasteiger partial charge in [-0.25, -0.2) is 15.0 Å². The van der Waals surface area contributed by atoms with Crippen LogP contribution in [0.1, 0.15) is 25.1 Å². The number of nitrogens with one attached hydrogen (secondary N) is 1. The van der Waals surface area contributed by atoms with Crippen LogP contribution in [0.25, 0.3) is 11.2 Å². The van der Waals surface area contributed by atoms with Gasteiger partial charge in [-0.05, 0) is 18.4 Å². The molecule has 1 fully saturated rings. The van der Waals surface area contributed by atoms with E-state index in [1.807, 2.05) is 18.2 Å². The molecule has 9 heteroatoms. The highest BCUT2D eigenvalue weighted by molar-refractivity contribution is 5.82. The Labute approximate surface area is 168 Å². The topological polar surface area (TPSA) is 126 Å². The van der Waals surface area contributed by atoms with E-state index in [-0.39, 0.29) is 12.6 Å². The first-order valence-electron chi connectivity index (χ1n) is 9.72. The molecule has 1 saturated heterocycles. The number of fused-ring (bicyclic) bond motifs is 1. The fraction of sp³-hybridized carbons (Fsp3) is 0.450. The number of aliphatic hydroxyl groups is 3. The molecule has 2 aromatic heterocycles. The number of anilines is 1. The Morgan fingerprint density at radius 3 is 2.62 bits per heavy atom. The fourth-order valence-corrected chi connectivity index (χ4v) is 3.64. The molecule has 9 nitrogen and oxygen atoms in total. The Morgan fingerprint density at radius 2 is 1.93 bits per heavy atom. The minimum absolute atomic E-state index is 0.162. The summed E-state index contributed by atoms with van der Waals surface area (Å²) in [6, 6.07) is 10.4. The van der Waals surface area contributed by atoms with Crippen molar-refractivity contribution >= 4 is 17.0 Å². The predicted octanol–water partition coefficient (Wildman–Crippen LogP) is 0.871. The summed E-state index contributed by atoms with van der Waals surface area (Å²) >= 11 is 0. The molecule has 1 aromatic carbocycles. The van der Waals surface area contributed by atoms with Gasteiger partial charge in [-0.2, -0.15) is 0 Å². The number of imidazole rings is 1. The lowest BCUT2D eigenvalue weighted by atomic mass is 10.0. The van der Waals surface area contributed by atoms with Crippen LogP contribution >= 0.6 is 0 Å². The highest BCUT2D eigenvalue weighted by atomic mass is 16.6. The molecule has 0 aliphatic carbocycles. The lowest BCUT2D eigenvalue weighted by molar-refractivity contribution is -0.0511. The number of rotatable bonds is 7. The quantitative estimate of drug-likeness (QED) is 0.461. The van der Waals surface area contributed by atoms with Gasteiger partial charge in [0, 0.05) is 6.04 Å². The average molecular weight is 399 g/mol. The van der Waals surface area contributed by atoms with E-state index in [9.17, 15) is 15.3 Å². The average Bonchev–Trinajstić information content (AvgIpc) is 3.30. The summed E-state index contributed by atoms with van der Waals surface area (Å²) in [7, 11) is 0. The molecule has 0 spiro atoms. The summed E-state index contributed by atoms with van der Waals surface area (Å²) in [6.07, 6.45) is 0.550. The summed E-state index contributed by atoms with van der Waals surface area (Å²) in [5.41, 5.74) is 2.26. The van der Waals surface area contributed by atoms with Gasteiger partial charge in [0.05, 0.1) is 12.9 Å². The molecule has 3 heterocycles. The van der Waals surface area contributed by atoms with Crippen LogP contribution in [0.5, 0.6) is 0 Å². The van der Waals surface area contributed by atoms with E-state index in [1.165, 1.54) is 18.2 Å². The first kappa shape index (κ1) is 19.7. The molecule has 5 atom stereocenters. The SMILES string of the molecule is CC[C@H](Cc1ccccc1)Nc1ncnc2c1ncn2[C@@H]1O[C@H](CO)[C@@H](O)[C@H]1O. The van der Waals surface area contributed by atoms with E-state index in [4.69, 9.17) is 4.74 Å². The zero-order valence-corrected chi connectivity index (χ0v) is 16.1. The number of ether oxygens (including phenoxy) is 1. The van der Waals surface area contributed by atoms with Crippen LogP contribution in [0.15, 0.2) is 43.0 Å². The number of hydrogen-bond acceptors (Lipinski definition) is 8. The van der Waals surface area contributed by atoms with Crippen LogP contribution in [0.4, 0.5) is 5.82 Å². The molecule has 1 aliphatic rings. The third-order valence-electron chi connectivity index (χ3n) is 5.31. The molecule has 3 aromatic rings. The van der Waals surface area contributed by atoms with Gasteiger partial charge in [0.2, 0.25) is 0 Å². The highest BCUT2D eigenvalue weighted by Crippen LogP contribution is 2.32. The molecular formula is C20H25N5O4. The molecule has 29 heavy (non-hydrogen) atoms. The zero-order valence-electron chi connectivity index (χ0n) is 16.1. The van der Waals surface area contributed by atoms with Gasteiger partial charge >= 0.3 is 0 Å². The molecule has 154 valence electrons. The van der Waals surface area contributed by atoms with Gasteiger partial charge in [-0.3, -0.25) is 4.57 Å². The second kappa shape index (κ2) is 8.42. The maximum atomic E-state index is 10.3. The van der Waals surface area contributed by atoms with Crippen molar-refractivity contribution in [2.75, 3.05) is 11.9 Å². The summed E-state index contributed by atoms with van der Waals surface area (Å²) < 4.78 is 7.16. The third-order valence-corrected chi connectivity index (χ3v) is 5.31. The summed E-state index contributed by atoms with van der Waals surface area (Å²) in [5, 5.41) is 33.1. The van der Waals surface area contributed by atoms with E-state index in [0.29, 0.717) is 17.0 Å². The second-order valence-electron chi connectivity index (χ2n) is 7.21. The third kappa shape index (κ3) is 3.82. The van der Waals surface area contributed by atoms with Crippen molar-refractivity contribution < 1.29 is 20.1 Å². The first-order valence-corrected chi connectivity index (χ1v) is 9.72. The van der Waals surface area contributed by atoms with Crippen molar-refractivity contribution in [3.63, 3.8) is 0 Å². The maximum absolute atomic E-state index is 10.3. The molecule has 0 unspecified atom stereocenters. The lowest BCUT2D eigenvalue weighted by Gasteiger charge is -2.18. The van der Waals surface area contributed by atoms with Crippen LogP contribution in [0, 0.1) is 0 Å². The standard InChI is InChI=1S/C20H25N5O4/c1-2-13(8-12-6-4-3-5-7-12)24-18-15-19(22-10-21-18)25(11-23-15)20-17(28)16(27)14(9-26)29-20/h3-7,10-11,13-14,16-17,20,26-28H,2,8-9H2,1H3,(H,21,22,24)/t13-,14-,16-,17-,20-/m1/s1. The Morgan fingerprint density at radius 1 is 1.14 bits per heavy atom. The van der Waals surface area contributed by atoms with Crippen LogP contribution < -0.4 is 5.32 Å². The molecule has 1 aliphatic heterocycles. The van der Waals surface area contributed by atoms with Gasteiger partial charge in [0.15, 0.2) is 23.2 Å². The van der Waals surface area contributed by atoms with Gasteiger partial charge in [-0.15, -0.1) is 0 Å². The Hall–Kier alpha value is -2.59. The van der Waals surface area contributed by atoms with Crippen LogP contribution in [-0.2, 0) is 11.2 Å². The smallest absolute Gasteiger partial charge is 0.167 e. The van der Waals surface area contributed by atoms with E-state index in [0.717, 1.165) is 12.8 Å². The monoisotopic (exact) mass is 399 g/mol. The van der Waals surface area contributed by atoms with Gasteiger partial charge in [0.25, 0.3) is 0 Å². The molecule has 0 saturated carbocycles. The van der Waals surface area contributed by atoms with Crippen molar-refractivity contribution in [2.45, 2.75) is 50.3 Å². The van der Waals surface area contributed by atoms with Crippen LogP contribution in [-0.4, -0.2) is 65.8 Å². The van der Waals surface area contributed by atoms with Crippen molar-refractivity contribution in [1.29, 1.82) is 0 Å². The normalized spacial score (nSPS) is 25.4. The van der Waals surface area contributed by atoms with Crippen molar-refractivity contribution in [3.05, 3.63) is 48.5 Å². The van der Waals surface area contributed by atoms with Crippen molar-refractivity contribution in [2.24, 2.45) is 0 Å². The fourth-order valence-electron chi connectivity index (χ4n) is 3.64. The Bertz CT molecular complexity index is 950. The molecule has 0 amide bonds. The predicted molar refractivity (Wildman–Crippen MR) is 106 cm³/mol. The molecule has 0 radical (unpaired) electrons. The molecule has 4 N–H and O–H groups in total. The molecular weight excluding hydrogens is 374 g/mol. The number of aromatic nitrogens is 4. The van der Waals surface area contributed by atoms with E-state index >= 15 is 0 Å². The minimum Gasteiger partial charge on any atom is -0.394 e. The van der Waals surface area contributed by atoms with Crippen LogP contribution in [0.3, 0.4) is 0 Å². The number of nitrogens with zero attached hydrogens (tertiary/aromatic N) is 4. The maximum Gasteiger partial charge on any atom is 0.167 e. The number of aliphatic hydroxyl groups excluding tert-OH is 3. The van der Waals surface area contributed by atoms with Gasteiger partial charge in [0.1, 0.15) is 24.6 Å². The second-order valence-corrected chi connectivity index (χ2v) is 7.21. The highest BCUT2D eigenvalue weighted by Gasteiger charge is 2.44. The van der Waals surface area contributed by atoms with E-state index < -0.39 is 24.5 Å². The number of hydrogen-bond donors (Lipinski definition) is 4.